The van der Waals surface area contributed by atoms with Crippen molar-refractivity contribution in [3.05, 3.63) is 125 Å². The lowest BCUT2D eigenvalue weighted by Crippen LogP contribution is -2.44. The van der Waals surface area contributed by atoms with E-state index >= 15 is 8.78 Å². The van der Waals surface area contributed by atoms with E-state index in [0.717, 1.165) is 28.2 Å². The average Bonchev–Trinajstić information content (AvgIpc) is 3.37. The van der Waals surface area contributed by atoms with E-state index in [-0.39, 0.29) is 29.9 Å². The number of rotatable bonds is 26. The SMILES string of the molecule is C=C(C)C(=O)OCCCc1cc(-c2ccc(-c3c(F)cc(-c4ccc(C5CCC(CCCCC)CC5)cc4)cc3F)cc2CC)ccc1OCC(COC(=O)CC#N)(COC(=O)CC#N)COC(=O)C(=C)C. The van der Waals surface area contributed by atoms with Crippen molar-refractivity contribution in [3.8, 4) is 51.3 Å². The summed E-state index contributed by atoms with van der Waals surface area (Å²) >= 11 is 0. The predicted molar refractivity (Wildman–Crippen MR) is 271 cm³/mol. The molecule has 0 amide bonds. The fraction of sp³-hybridized carbons (Fsp3) is 0.424. The normalized spacial score (nSPS) is 14.3. The number of benzene rings is 4. The first-order chi connectivity index (χ1) is 34.6. The first-order valence-corrected chi connectivity index (χ1v) is 24.8. The van der Waals surface area contributed by atoms with Gasteiger partial charge in [0.15, 0.2) is 0 Å². The van der Waals surface area contributed by atoms with Crippen molar-refractivity contribution in [2.75, 3.05) is 33.0 Å². The van der Waals surface area contributed by atoms with Crippen LogP contribution < -0.4 is 4.74 Å². The molecule has 5 rings (SSSR count). The van der Waals surface area contributed by atoms with Gasteiger partial charge in [0.1, 0.15) is 62.1 Å². The summed E-state index contributed by atoms with van der Waals surface area (Å²) in [6.45, 7) is 12.6. The molecule has 72 heavy (non-hydrogen) atoms. The fourth-order valence-electron chi connectivity index (χ4n) is 8.91. The van der Waals surface area contributed by atoms with Crippen LogP contribution >= 0.6 is 0 Å². The van der Waals surface area contributed by atoms with Crippen molar-refractivity contribution in [2.45, 2.75) is 117 Å². The molecule has 0 bridgehead atoms. The van der Waals surface area contributed by atoms with Gasteiger partial charge in [-0.05, 0) is 139 Å². The molecule has 1 aliphatic carbocycles. The summed E-state index contributed by atoms with van der Waals surface area (Å²) in [5.41, 5.74) is 4.51. The minimum atomic E-state index is -1.53. The van der Waals surface area contributed by atoms with Gasteiger partial charge < -0.3 is 23.7 Å². The van der Waals surface area contributed by atoms with E-state index in [1.807, 2.05) is 31.2 Å². The molecule has 1 fully saturated rings. The van der Waals surface area contributed by atoms with Gasteiger partial charge in [0.05, 0.1) is 24.3 Å². The number of aryl methyl sites for hydroxylation is 2. The van der Waals surface area contributed by atoms with Crippen LogP contribution in [0.15, 0.2) is 97.1 Å². The summed E-state index contributed by atoms with van der Waals surface area (Å²) in [5.74, 6) is -2.79. The smallest absolute Gasteiger partial charge is 0.333 e. The number of unbranched alkanes of at least 4 members (excludes halogenated alkanes) is 2. The number of esters is 4. The second-order valence-corrected chi connectivity index (χ2v) is 18.9. The lowest BCUT2D eigenvalue weighted by atomic mass is 9.77. The molecular weight excluding hydrogens is 919 g/mol. The maximum atomic E-state index is 16.1. The van der Waals surface area contributed by atoms with Gasteiger partial charge in [-0.3, -0.25) is 9.59 Å². The number of nitriles is 2. The van der Waals surface area contributed by atoms with Gasteiger partial charge in [-0.1, -0.05) is 101 Å². The Hall–Kier alpha value is -7.12. The number of halogens is 2. The maximum Gasteiger partial charge on any atom is 0.333 e. The zero-order valence-electron chi connectivity index (χ0n) is 42.0. The fourth-order valence-corrected chi connectivity index (χ4v) is 8.91. The molecule has 1 aliphatic rings. The van der Waals surface area contributed by atoms with E-state index in [9.17, 15) is 19.2 Å². The minimum absolute atomic E-state index is 0.0517. The highest BCUT2D eigenvalue weighted by molar-refractivity contribution is 5.87. The molecule has 1 saturated carbocycles. The molecule has 0 aliphatic heterocycles. The number of carbonyl (C=O) groups excluding carboxylic acids is 4. The largest absolute Gasteiger partial charge is 0.492 e. The van der Waals surface area contributed by atoms with Crippen LogP contribution in [0.5, 0.6) is 5.75 Å². The summed E-state index contributed by atoms with van der Waals surface area (Å²) in [5, 5.41) is 18.2. The molecule has 0 N–H and O–H groups in total. The molecule has 0 radical (unpaired) electrons. The van der Waals surface area contributed by atoms with Crippen molar-refractivity contribution < 1.29 is 51.6 Å². The van der Waals surface area contributed by atoms with Crippen molar-refractivity contribution >= 4 is 23.9 Å². The first-order valence-electron chi connectivity index (χ1n) is 24.8. The van der Waals surface area contributed by atoms with Crippen LogP contribution in [0.1, 0.15) is 121 Å². The highest BCUT2D eigenvalue weighted by Gasteiger charge is 2.38. The van der Waals surface area contributed by atoms with Gasteiger partial charge in [-0.15, -0.1) is 0 Å². The van der Waals surface area contributed by atoms with E-state index in [2.05, 4.69) is 32.2 Å². The summed E-state index contributed by atoms with van der Waals surface area (Å²) in [6, 6.07) is 25.0. The van der Waals surface area contributed by atoms with Gasteiger partial charge in [0.2, 0.25) is 0 Å². The standard InChI is InChI=1S/C59H66F2N2O9/c1-7-9-10-12-41-14-16-43(17-15-41)44-18-20-45(21-19-44)49-33-51(60)56(52(61)34-49)48-22-24-50(42(8-2)31-48)46-23-25-53(47(32-46)13-11-30-68-57(66)39(3)4)69-35-59(36-70-54(64)26-28-62,37-71-55(65)27-29-63)38-72-58(67)40(5)6/h18-25,31-34,41,43H,3,5,7-17,26-27,30,35-38H2,1-2,4,6H3. The minimum Gasteiger partial charge on any atom is -0.492 e. The van der Waals surface area contributed by atoms with Gasteiger partial charge in [0.25, 0.3) is 0 Å². The second-order valence-electron chi connectivity index (χ2n) is 18.9. The first kappa shape index (κ1) is 55.8. The van der Waals surface area contributed by atoms with E-state index < -0.39 is 73.6 Å². The predicted octanol–water partition coefficient (Wildman–Crippen LogP) is 12.8. The molecule has 0 atom stereocenters. The molecule has 4 aromatic carbocycles. The van der Waals surface area contributed by atoms with Crippen LogP contribution in [0.2, 0.25) is 0 Å². The maximum absolute atomic E-state index is 16.1. The van der Waals surface area contributed by atoms with Crippen molar-refractivity contribution in [2.24, 2.45) is 11.3 Å². The molecule has 380 valence electrons. The summed E-state index contributed by atoms with van der Waals surface area (Å²) in [4.78, 5) is 49.6. The molecule has 13 heteroatoms. The number of hydrogen-bond donors (Lipinski definition) is 0. The summed E-state index contributed by atoms with van der Waals surface area (Å²) in [7, 11) is 0. The number of hydrogen-bond acceptors (Lipinski definition) is 11. The molecule has 0 aromatic heterocycles. The van der Waals surface area contributed by atoms with E-state index in [4.69, 9.17) is 34.2 Å². The molecule has 0 saturated heterocycles. The third-order valence-corrected chi connectivity index (χ3v) is 13.1. The average molecular weight is 985 g/mol. The Morgan fingerprint density at radius 2 is 1.22 bits per heavy atom. The Labute approximate surface area is 422 Å². The van der Waals surface area contributed by atoms with Gasteiger partial charge in [-0.25, -0.2) is 18.4 Å². The Morgan fingerprint density at radius 3 is 1.81 bits per heavy atom. The van der Waals surface area contributed by atoms with Crippen LogP contribution in [0.4, 0.5) is 8.78 Å². The van der Waals surface area contributed by atoms with Crippen molar-refractivity contribution in [1.29, 1.82) is 10.5 Å². The molecule has 0 spiro atoms. The third kappa shape index (κ3) is 15.9. The lowest BCUT2D eigenvalue weighted by molar-refractivity contribution is -0.162. The Balaban J connectivity index is 1.42. The molecule has 4 aromatic rings. The zero-order valence-corrected chi connectivity index (χ0v) is 42.0. The number of ether oxygens (including phenoxy) is 5. The lowest BCUT2D eigenvalue weighted by Gasteiger charge is -2.32. The Morgan fingerprint density at radius 1 is 0.653 bits per heavy atom. The molecule has 0 heterocycles. The number of carbonyl (C=O) groups is 4. The Bertz CT molecular complexity index is 2600. The summed E-state index contributed by atoms with van der Waals surface area (Å²) < 4.78 is 60.3. The summed E-state index contributed by atoms with van der Waals surface area (Å²) in [6.07, 6.45) is 10.0. The van der Waals surface area contributed by atoms with Gasteiger partial charge in [-0.2, -0.15) is 10.5 Å². The quantitative estimate of drug-likeness (QED) is 0.0255. The van der Waals surface area contributed by atoms with E-state index in [0.29, 0.717) is 47.6 Å². The highest BCUT2D eigenvalue weighted by Crippen LogP contribution is 2.40. The van der Waals surface area contributed by atoms with Crippen molar-refractivity contribution in [3.63, 3.8) is 0 Å². The van der Waals surface area contributed by atoms with E-state index in [1.54, 1.807) is 43.3 Å². The number of nitrogens with zero attached hydrogens (tertiary/aromatic N) is 2. The van der Waals surface area contributed by atoms with Crippen LogP contribution in [0.25, 0.3) is 33.4 Å². The molecule has 0 unspecified atom stereocenters. The van der Waals surface area contributed by atoms with E-state index in [1.165, 1.54) is 76.0 Å². The van der Waals surface area contributed by atoms with Gasteiger partial charge >= 0.3 is 23.9 Å². The second kappa shape index (κ2) is 27.5. The monoisotopic (exact) mass is 984 g/mol. The molecular formula is C59H66F2N2O9. The van der Waals surface area contributed by atoms with Crippen LogP contribution in [-0.4, -0.2) is 56.9 Å². The van der Waals surface area contributed by atoms with Gasteiger partial charge in [0, 0.05) is 11.1 Å². The molecule has 11 nitrogen and oxygen atoms in total. The van der Waals surface area contributed by atoms with Crippen LogP contribution in [-0.2, 0) is 51.0 Å². The Kier molecular flexibility index (Phi) is 21.3. The topological polar surface area (TPSA) is 162 Å². The van der Waals surface area contributed by atoms with Crippen LogP contribution in [0.3, 0.4) is 0 Å². The third-order valence-electron chi connectivity index (χ3n) is 13.1. The highest BCUT2D eigenvalue weighted by atomic mass is 19.1. The van der Waals surface area contributed by atoms with Crippen molar-refractivity contribution in [1.82, 2.24) is 0 Å². The van der Waals surface area contributed by atoms with Crippen LogP contribution in [0, 0.1) is 45.6 Å². The zero-order chi connectivity index (χ0) is 52.2.